The van der Waals surface area contributed by atoms with Gasteiger partial charge in [-0.25, -0.2) is 14.4 Å². The Morgan fingerprint density at radius 3 is 2.86 bits per heavy atom. The summed E-state index contributed by atoms with van der Waals surface area (Å²) in [6.45, 7) is 6.28. The fraction of sp³-hybridized carbons (Fsp3) is 0.450. The lowest BCUT2D eigenvalue weighted by Gasteiger charge is -2.38. The molecule has 1 saturated carbocycles. The van der Waals surface area contributed by atoms with Gasteiger partial charge in [0.2, 0.25) is 0 Å². The van der Waals surface area contributed by atoms with Crippen LogP contribution in [-0.4, -0.2) is 56.5 Å². The molecule has 5 rings (SSSR count). The molecule has 2 unspecified atom stereocenters. The van der Waals surface area contributed by atoms with Gasteiger partial charge in [-0.3, -0.25) is 5.10 Å². The predicted octanol–water partition coefficient (Wildman–Crippen LogP) is 2.10. The van der Waals surface area contributed by atoms with Gasteiger partial charge in [-0.15, -0.1) is 0 Å². The van der Waals surface area contributed by atoms with Crippen molar-refractivity contribution < 1.29 is 9.50 Å². The van der Waals surface area contributed by atoms with E-state index in [-0.39, 0.29) is 17.2 Å². The quantitative estimate of drug-likeness (QED) is 0.643. The Labute approximate surface area is 162 Å². The van der Waals surface area contributed by atoms with Gasteiger partial charge in [-0.05, 0) is 36.1 Å². The summed E-state index contributed by atoms with van der Waals surface area (Å²) in [4.78, 5) is 10.9. The van der Waals surface area contributed by atoms with Gasteiger partial charge in [0.25, 0.3) is 0 Å². The zero-order valence-electron chi connectivity index (χ0n) is 15.9. The standard InChI is InChI=1S/C20H23FN6O/c1-19(2)11-20(19,28)14-10-27(9-8-22-14)15-6-5-13(21)17(24-15)16-12-4-3-7-23-18(12)26-25-16/h3-7,14,22,28H,8-11H2,1-2H3,(H,23,25,26). The van der Waals surface area contributed by atoms with Gasteiger partial charge < -0.3 is 15.3 Å². The number of aliphatic hydroxyl groups is 1. The highest BCUT2D eigenvalue weighted by Gasteiger charge is 2.64. The summed E-state index contributed by atoms with van der Waals surface area (Å²) in [7, 11) is 0. The summed E-state index contributed by atoms with van der Waals surface area (Å²) in [6, 6.07) is 6.72. The Bertz CT molecular complexity index is 1050. The van der Waals surface area contributed by atoms with Crippen molar-refractivity contribution in [3.8, 4) is 11.4 Å². The van der Waals surface area contributed by atoms with Gasteiger partial charge in [-0.1, -0.05) is 13.8 Å². The molecule has 3 N–H and O–H groups in total. The van der Waals surface area contributed by atoms with E-state index in [1.54, 1.807) is 18.3 Å². The van der Waals surface area contributed by atoms with E-state index in [4.69, 9.17) is 0 Å². The number of aromatic nitrogens is 4. The number of fused-ring (bicyclic) bond motifs is 1. The molecule has 2 aliphatic rings. The highest BCUT2D eigenvalue weighted by Crippen LogP contribution is 2.57. The Morgan fingerprint density at radius 2 is 2.07 bits per heavy atom. The van der Waals surface area contributed by atoms with E-state index in [1.807, 2.05) is 6.07 Å². The molecule has 8 heteroatoms. The minimum atomic E-state index is -0.710. The molecule has 0 amide bonds. The summed E-state index contributed by atoms with van der Waals surface area (Å²) in [5.74, 6) is 0.264. The minimum absolute atomic E-state index is 0.0398. The SMILES string of the molecule is CC1(C)CC1(O)C1CN(c2ccc(F)c(-c3n[nH]c4ncccc34)n2)CCN1. The van der Waals surface area contributed by atoms with Crippen LogP contribution in [-0.2, 0) is 0 Å². The molecule has 2 atom stereocenters. The first-order valence-corrected chi connectivity index (χ1v) is 9.56. The molecule has 1 aliphatic heterocycles. The minimum Gasteiger partial charge on any atom is -0.388 e. The van der Waals surface area contributed by atoms with Crippen molar-refractivity contribution in [1.82, 2.24) is 25.5 Å². The number of piperazine rings is 1. The van der Waals surface area contributed by atoms with Gasteiger partial charge in [0.1, 0.15) is 17.2 Å². The first-order chi connectivity index (χ1) is 13.4. The third-order valence-corrected chi connectivity index (χ3v) is 6.23. The van der Waals surface area contributed by atoms with E-state index in [0.717, 1.165) is 24.9 Å². The van der Waals surface area contributed by atoms with Crippen molar-refractivity contribution in [3.63, 3.8) is 0 Å². The third kappa shape index (κ3) is 2.59. The zero-order valence-corrected chi connectivity index (χ0v) is 15.9. The van der Waals surface area contributed by atoms with Crippen molar-refractivity contribution in [2.24, 2.45) is 5.41 Å². The monoisotopic (exact) mass is 382 g/mol. The first-order valence-electron chi connectivity index (χ1n) is 9.56. The molecular weight excluding hydrogens is 359 g/mol. The number of rotatable bonds is 3. The summed E-state index contributed by atoms with van der Waals surface area (Å²) < 4.78 is 14.6. The molecule has 0 bridgehead atoms. The third-order valence-electron chi connectivity index (χ3n) is 6.23. The first kappa shape index (κ1) is 17.5. The highest BCUT2D eigenvalue weighted by molar-refractivity contribution is 5.89. The van der Waals surface area contributed by atoms with Crippen LogP contribution in [0.5, 0.6) is 0 Å². The Balaban J connectivity index is 1.48. The normalized spacial score (nSPS) is 26.6. The molecule has 3 aromatic rings. The average Bonchev–Trinajstić information content (AvgIpc) is 3.03. The molecule has 0 radical (unpaired) electrons. The lowest BCUT2D eigenvalue weighted by atomic mass is 9.98. The van der Waals surface area contributed by atoms with Crippen molar-refractivity contribution in [2.45, 2.75) is 31.9 Å². The largest absolute Gasteiger partial charge is 0.388 e. The number of anilines is 1. The summed E-state index contributed by atoms with van der Waals surface area (Å²) in [5.41, 5.74) is 0.465. The number of aromatic amines is 1. The van der Waals surface area contributed by atoms with Gasteiger partial charge in [0, 0.05) is 31.2 Å². The zero-order chi connectivity index (χ0) is 19.5. The van der Waals surface area contributed by atoms with Crippen LogP contribution in [0.15, 0.2) is 30.5 Å². The van der Waals surface area contributed by atoms with Crippen LogP contribution in [0.4, 0.5) is 10.2 Å². The average molecular weight is 382 g/mol. The molecule has 1 saturated heterocycles. The van der Waals surface area contributed by atoms with E-state index in [2.05, 4.69) is 44.2 Å². The van der Waals surface area contributed by atoms with Crippen LogP contribution >= 0.6 is 0 Å². The summed E-state index contributed by atoms with van der Waals surface area (Å²) in [5, 5.41) is 22.2. The van der Waals surface area contributed by atoms with Gasteiger partial charge in [-0.2, -0.15) is 5.10 Å². The van der Waals surface area contributed by atoms with E-state index >= 15 is 0 Å². The van der Waals surface area contributed by atoms with Crippen LogP contribution in [0.1, 0.15) is 20.3 Å². The van der Waals surface area contributed by atoms with Crippen LogP contribution in [0.2, 0.25) is 0 Å². The molecule has 146 valence electrons. The van der Waals surface area contributed by atoms with Gasteiger partial charge in [0.05, 0.1) is 11.6 Å². The molecular formula is C20H23FN6O. The lowest BCUT2D eigenvalue weighted by molar-refractivity contribution is 0.0641. The lowest BCUT2D eigenvalue weighted by Crippen LogP contribution is -2.58. The van der Waals surface area contributed by atoms with E-state index in [1.165, 1.54) is 6.07 Å². The topological polar surface area (TPSA) is 90.0 Å². The van der Waals surface area contributed by atoms with Crippen molar-refractivity contribution in [3.05, 3.63) is 36.3 Å². The fourth-order valence-corrected chi connectivity index (χ4v) is 4.31. The number of halogens is 1. The fourth-order valence-electron chi connectivity index (χ4n) is 4.31. The van der Waals surface area contributed by atoms with E-state index < -0.39 is 11.4 Å². The second-order valence-corrected chi connectivity index (χ2v) is 8.41. The summed E-state index contributed by atoms with van der Waals surface area (Å²) in [6.07, 6.45) is 2.44. The van der Waals surface area contributed by atoms with Crippen molar-refractivity contribution in [1.29, 1.82) is 0 Å². The number of hydrogen-bond acceptors (Lipinski definition) is 6. The number of nitrogens with zero attached hydrogens (tertiary/aromatic N) is 4. The Hall–Kier alpha value is -2.58. The maximum absolute atomic E-state index is 14.6. The van der Waals surface area contributed by atoms with Crippen LogP contribution in [0.3, 0.4) is 0 Å². The van der Waals surface area contributed by atoms with Crippen LogP contribution < -0.4 is 10.2 Å². The molecule has 2 fully saturated rings. The van der Waals surface area contributed by atoms with Crippen LogP contribution in [0.25, 0.3) is 22.4 Å². The van der Waals surface area contributed by atoms with Gasteiger partial charge in [0.15, 0.2) is 11.5 Å². The van der Waals surface area contributed by atoms with E-state index in [9.17, 15) is 9.50 Å². The number of H-pyrrole nitrogens is 1. The Kier molecular flexibility index (Phi) is 3.73. The number of pyridine rings is 2. The van der Waals surface area contributed by atoms with E-state index in [0.29, 0.717) is 23.7 Å². The maximum atomic E-state index is 14.6. The molecule has 0 aromatic carbocycles. The highest BCUT2D eigenvalue weighted by atomic mass is 19.1. The maximum Gasteiger partial charge on any atom is 0.155 e. The second-order valence-electron chi connectivity index (χ2n) is 8.41. The van der Waals surface area contributed by atoms with Crippen molar-refractivity contribution in [2.75, 3.05) is 24.5 Å². The molecule has 7 nitrogen and oxygen atoms in total. The smallest absolute Gasteiger partial charge is 0.155 e. The molecule has 4 heterocycles. The summed E-state index contributed by atoms with van der Waals surface area (Å²) >= 11 is 0. The van der Waals surface area contributed by atoms with Gasteiger partial charge >= 0.3 is 0 Å². The molecule has 1 aliphatic carbocycles. The number of hydrogen-bond donors (Lipinski definition) is 3. The molecule has 28 heavy (non-hydrogen) atoms. The second kappa shape index (κ2) is 5.96. The predicted molar refractivity (Wildman–Crippen MR) is 104 cm³/mol. The number of nitrogens with one attached hydrogen (secondary N) is 2. The molecule has 3 aromatic heterocycles. The Morgan fingerprint density at radius 1 is 1.25 bits per heavy atom. The van der Waals surface area contributed by atoms with Crippen molar-refractivity contribution >= 4 is 16.9 Å². The van der Waals surface area contributed by atoms with Crippen LogP contribution in [0, 0.1) is 11.2 Å². The molecule has 0 spiro atoms.